The van der Waals surface area contributed by atoms with Crippen molar-refractivity contribution in [3.63, 3.8) is 0 Å². The Morgan fingerprint density at radius 1 is 1.29 bits per heavy atom. The Morgan fingerprint density at radius 3 is 2.76 bits per heavy atom. The molecule has 0 amide bonds. The van der Waals surface area contributed by atoms with Crippen molar-refractivity contribution in [3.05, 3.63) is 36.0 Å². The molecule has 0 radical (unpaired) electrons. The summed E-state index contributed by atoms with van der Waals surface area (Å²) in [5.41, 5.74) is 8.99. The van der Waals surface area contributed by atoms with E-state index in [0.29, 0.717) is 10.9 Å². The van der Waals surface area contributed by atoms with E-state index in [1.54, 1.807) is 0 Å². The standard InChI is InChI=1S/C17H21N3S/c1-11-7-8-20(10-12(11)2)16-13-5-3-4-6-15(13)19-9-14(16)17(18)21/h3-6,9,11-12H,7-8,10H2,1-2H3,(H2,18,21). The number of anilines is 1. The first-order chi connectivity index (χ1) is 10.1. The van der Waals surface area contributed by atoms with Crippen LogP contribution in [0.25, 0.3) is 10.9 Å². The Bertz CT molecular complexity index is 683. The number of para-hydroxylation sites is 1. The molecule has 21 heavy (non-hydrogen) atoms. The van der Waals surface area contributed by atoms with Gasteiger partial charge in [-0.15, -0.1) is 0 Å². The number of piperidine rings is 1. The summed E-state index contributed by atoms with van der Waals surface area (Å²) in [7, 11) is 0. The molecular formula is C17H21N3S. The molecule has 1 fully saturated rings. The molecule has 1 aromatic carbocycles. The van der Waals surface area contributed by atoms with Gasteiger partial charge in [0, 0.05) is 24.7 Å². The van der Waals surface area contributed by atoms with E-state index < -0.39 is 0 Å². The largest absolute Gasteiger partial charge is 0.389 e. The third kappa shape index (κ3) is 2.60. The number of fused-ring (bicyclic) bond motifs is 1. The van der Waals surface area contributed by atoms with E-state index in [9.17, 15) is 0 Å². The molecule has 0 saturated carbocycles. The Labute approximate surface area is 131 Å². The van der Waals surface area contributed by atoms with Gasteiger partial charge in [-0.2, -0.15) is 0 Å². The highest BCUT2D eigenvalue weighted by Gasteiger charge is 2.26. The maximum absolute atomic E-state index is 5.94. The van der Waals surface area contributed by atoms with Crippen LogP contribution in [0, 0.1) is 11.8 Å². The molecule has 0 bridgehead atoms. The van der Waals surface area contributed by atoms with Crippen LogP contribution in [0.3, 0.4) is 0 Å². The molecule has 4 heteroatoms. The van der Waals surface area contributed by atoms with Crippen molar-refractivity contribution in [1.82, 2.24) is 4.98 Å². The van der Waals surface area contributed by atoms with Crippen molar-refractivity contribution < 1.29 is 0 Å². The number of rotatable bonds is 2. The second kappa shape index (κ2) is 5.60. The number of hydrogen-bond donors (Lipinski definition) is 1. The van der Waals surface area contributed by atoms with Crippen LogP contribution >= 0.6 is 12.2 Å². The summed E-state index contributed by atoms with van der Waals surface area (Å²) in [6.45, 7) is 6.75. The minimum atomic E-state index is 0.425. The topological polar surface area (TPSA) is 42.1 Å². The Hall–Kier alpha value is -1.68. The Balaban J connectivity index is 2.14. The average Bonchev–Trinajstić information content (AvgIpc) is 2.49. The Kier molecular flexibility index (Phi) is 3.81. The van der Waals surface area contributed by atoms with E-state index in [0.717, 1.165) is 41.2 Å². The lowest BCUT2D eigenvalue weighted by molar-refractivity contribution is 0.324. The third-order valence-electron chi connectivity index (χ3n) is 4.66. The van der Waals surface area contributed by atoms with Gasteiger partial charge in [0.2, 0.25) is 0 Å². The molecule has 3 nitrogen and oxygen atoms in total. The SMILES string of the molecule is CC1CCN(c2c(C(N)=S)cnc3ccccc23)CC1C. The zero-order chi connectivity index (χ0) is 15.0. The molecule has 0 aliphatic carbocycles. The molecule has 2 aromatic rings. The van der Waals surface area contributed by atoms with Crippen molar-refractivity contribution in [2.45, 2.75) is 20.3 Å². The van der Waals surface area contributed by atoms with Crippen molar-refractivity contribution >= 4 is 33.8 Å². The maximum atomic E-state index is 5.94. The first-order valence-corrected chi connectivity index (χ1v) is 7.91. The van der Waals surface area contributed by atoms with Crippen LogP contribution in [-0.4, -0.2) is 23.1 Å². The number of benzene rings is 1. The van der Waals surface area contributed by atoms with Crippen LogP contribution in [0.5, 0.6) is 0 Å². The lowest BCUT2D eigenvalue weighted by Gasteiger charge is -2.38. The summed E-state index contributed by atoms with van der Waals surface area (Å²) < 4.78 is 0. The van der Waals surface area contributed by atoms with Crippen molar-refractivity contribution in [2.24, 2.45) is 17.6 Å². The second-order valence-corrected chi connectivity index (χ2v) is 6.53. The first-order valence-electron chi connectivity index (χ1n) is 7.50. The minimum absolute atomic E-state index is 0.425. The normalized spacial score (nSPS) is 22.5. The summed E-state index contributed by atoms with van der Waals surface area (Å²) in [5, 5.41) is 1.14. The summed E-state index contributed by atoms with van der Waals surface area (Å²) in [4.78, 5) is 7.36. The average molecular weight is 299 g/mol. The molecule has 2 atom stereocenters. The molecule has 110 valence electrons. The van der Waals surface area contributed by atoms with Gasteiger partial charge in [0.25, 0.3) is 0 Å². The van der Waals surface area contributed by atoms with Gasteiger partial charge in [0.15, 0.2) is 0 Å². The first kappa shape index (κ1) is 14.3. The monoisotopic (exact) mass is 299 g/mol. The molecule has 1 aromatic heterocycles. The van der Waals surface area contributed by atoms with Gasteiger partial charge in [-0.3, -0.25) is 4.98 Å². The zero-order valence-corrected chi connectivity index (χ0v) is 13.4. The van der Waals surface area contributed by atoms with Crippen molar-refractivity contribution in [1.29, 1.82) is 0 Å². The fourth-order valence-electron chi connectivity index (χ4n) is 3.11. The molecule has 1 saturated heterocycles. The second-order valence-electron chi connectivity index (χ2n) is 6.09. The van der Waals surface area contributed by atoms with Crippen LogP contribution < -0.4 is 10.6 Å². The summed E-state index contributed by atoms with van der Waals surface area (Å²) in [6.07, 6.45) is 3.03. The molecule has 1 aliphatic rings. The molecule has 2 heterocycles. The minimum Gasteiger partial charge on any atom is -0.389 e. The highest BCUT2D eigenvalue weighted by Crippen LogP contribution is 2.34. The number of aromatic nitrogens is 1. The van der Waals surface area contributed by atoms with E-state index in [1.807, 2.05) is 24.4 Å². The van der Waals surface area contributed by atoms with Gasteiger partial charge < -0.3 is 10.6 Å². The van der Waals surface area contributed by atoms with E-state index in [4.69, 9.17) is 18.0 Å². The molecule has 1 aliphatic heterocycles. The van der Waals surface area contributed by atoms with Gasteiger partial charge in [-0.25, -0.2) is 0 Å². The van der Waals surface area contributed by atoms with Crippen LogP contribution in [-0.2, 0) is 0 Å². The summed E-state index contributed by atoms with van der Waals surface area (Å²) >= 11 is 5.25. The van der Waals surface area contributed by atoms with Crippen LogP contribution in [0.1, 0.15) is 25.8 Å². The van der Waals surface area contributed by atoms with E-state index in [2.05, 4.69) is 29.8 Å². The summed E-state index contributed by atoms with van der Waals surface area (Å²) in [6, 6.07) is 8.22. The van der Waals surface area contributed by atoms with Gasteiger partial charge in [-0.1, -0.05) is 44.3 Å². The number of nitrogens with two attached hydrogens (primary N) is 1. The van der Waals surface area contributed by atoms with E-state index >= 15 is 0 Å². The zero-order valence-electron chi connectivity index (χ0n) is 12.5. The smallest absolute Gasteiger partial charge is 0.107 e. The lowest BCUT2D eigenvalue weighted by atomic mass is 9.88. The maximum Gasteiger partial charge on any atom is 0.107 e. The highest BCUT2D eigenvalue weighted by atomic mass is 32.1. The third-order valence-corrected chi connectivity index (χ3v) is 4.88. The molecule has 2 N–H and O–H groups in total. The number of thiocarbonyl (C=S) groups is 1. The number of pyridine rings is 1. The predicted octanol–water partition coefficient (Wildman–Crippen LogP) is 3.35. The van der Waals surface area contributed by atoms with Gasteiger partial charge in [-0.05, 0) is 24.3 Å². The van der Waals surface area contributed by atoms with Crippen LogP contribution in [0.4, 0.5) is 5.69 Å². The van der Waals surface area contributed by atoms with Crippen LogP contribution in [0.15, 0.2) is 30.5 Å². The molecule has 2 unspecified atom stereocenters. The Morgan fingerprint density at radius 2 is 2.05 bits per heavy atom. The number of hydrogen-bond acceptors (Lipinski definition) is 3. The summed E-state index contributed by atoms with van der Waals surface area (Å²) in [5.74, 6) is 1.44. The van der Waals surface area contributed by atoms with Gasteiger partial charge in [0.05, 0.1) is 16.8 Å². The number of nitrogens with zero attached hydrogens (tertiary/aromatic N) is 2. The van der Waals surface area contributed by atoms with Crippen LogP contribution in [0.2, 0.25) is 0 Å². The highest BCUT2D eigenvalue weighted by molar-refractivity contribution is 7.80. The van der Waals surface area contributed by atoms with Crippen molar-refractivity contribution in [2.75, 3.05) is 18.0 Å². The van der Waals surface area contributed by atoms with E-state index in [1.165, 1.54) is 6.42 Å². The van der Waals surface area contributed by atoms with Crippen molar-refractivity contribution in [3.8, 4) is 0 Å². The quantitative estimate of drug-likeness (QED) is 0.864. The fraction of sp³-hybridized carbons (Fsp3) is 0.412. The lowest BCUT2D eigenvalue weighted by Crippen LogP contribution is -2.39. The van der Waals surface area contributed by atoms with Gasteiger partial charge >= 0.3 is 0 Å². The van der Waals surface area contributed by atoms with E-state index in [-0.39, 0.29) is 0 Å². The molecular weight excluding hydrogens is 278 g/mol. The molecule has 3 rings (SSSR count). The molecule has 0 spiro atoms. The fourth-order valence-corrected chi connectivity index (χ4v) is 3.26. The predicted molar refractivity (Wildman–Crippen MR) is 92.8 cm³/mol. The van der Waals surface area contributed by atoms with Gasteiger partial charge in [0.1, 0.15) is 4.99 Å².